The number of benzene rings is 4. The van der Waals surface area contributed by atoms with E-state index in [1.165, 1.54) is 5.56 Å². The molecule has 44 heavy (non-hydrogen) atoms. The Labute approximate surface area is 260 Å². The molecule has 0 spiro atoms. The van der Waals surface area contributed by atoms with Gasteiger partial charge in [0.15, 0.2) is 0 Å². The summed E-state index contributed by atoms with van der Waals surface area (Å²) in [6.45, 7) is 3.47. The van der Waals surface area contributed by atoms with E-state index in [-0.39, 0.29) is 0 Å². The zero-order valence-electron chi connectivity index (χ0n) is 26.1. The van der Waals surface area contributed by atoms with Crippen LogP contribution in [0.15, 0.2) is 89.9 Å². The number of imidazole rings is 1. The molecule has 1 aliphatic heterocycles. The van der Waals surface area contributed by atoms with E-state index in [0.717, 1.165) is 101 Å². The van der Waals surface area contributed by atoms with Gasteiger partial charge in [-0.3, -0.25) is 4.99 Å². The minimum absolute atomic E-state index is 0.709. The van der Waals surface area contributed by atoms with Crippen LogP contribution in [0.4, 0.5) is 5.69 Å². The fraction of sp³-hybridized carbons (Fsp3) is 0.297. The number of H-pyrrole nitrogens is 1. The molecule has 4 aromatic carbocycles. The average molecular weight is 588 g/mol. The van der Waals surface area contributed by atoms with E-state index in [0.29, 0.717) is 6.61 Å². The lowest BCUT2D eigenvalue weighted by Crippen LogP contribution is -2.15. The Morgan fingerprint density at radius 3 is 1.86 bits per heavy atom. The second kappa shape index (κ2) is 13.5. The minimum atomic E-state index is 0.709. The molecule has 0 bridgehead atoms. The van der Waals surface area contributed by atoms with Crippen LogP contribution in [0.1, 0.15) is 24.0 Å². The number of aromatic nitrogens is 2. The Morgan fingerprint density at radius 1 is 0.659 bits per heavy atom. The summed E-state index contributed by atoms with van der Waals surface area (Å²) in [7, 11) is 8.32. The molecule has 0 unspecified atom stereocenters. The van der Waals surface area contributed by atoms with Crippen molar-refractivity contribution in [2.45, 2.75) is 19.3 Å². The van der Waals surface area contributed by atoms with Crippen molar-refractivity contribution >= 4 is 22.4 Å². The van der Waals surface area contributed by atoms with Crippen molar-refractivity contribution in [1.82, 2.24) is 19.8 Å². The SMILES string of the molecule is CN(C)CCCOc1ccc(C2=Nc3cc(-c4ccc5nc(-c6ccc(OCCCN(C)C)cc6)[nH]c5c4)ccc3C2)cc1. The van der Waals surface area contributed by atoms with Crippen molar-refractivity contribution in [3.63, 3.8) is 0 Å². The Balaban J connectivity index is 1.12. The van der Waals surface area contributed by atoms with E-state index < -0.39 is 0 Å². The Morgan fingerprint density at radius 2 is 1.23 bits per heavy atom. The number of hydrogen-bond donors (Lipinski definition) is 1. The van der Waals surface area contributed by atoms with E-state index in [1.807, 2.05) is 24.3 Å². The molecule has 6 rings (SSSR count). The number of aromatic amines is 1. The number of aliphatic imine (C=N–C) groups is 1. The first kappa shape index (κ1) is 29.6. The van der Waals surface area contributed by atoms with E-state index in [9.17, 15) is 0 Å². The van der Waals surface area contributed by atoms with Gasteiger partial charge in [-0.2, -0.15) is 0 Å². The molecule has 0 atom stereocenters. The standard InChI is InChI=1S/C37H41N5O2/c1-41(2)19-5-21-43-31-14-9-26(10-15-31)34-25-30-8-7-28(23-35(30)38-34)29-13-18-33-36(24-29)40-37(39-33)27-11-16-32(17-12-27)44-22-6-20-42(3)4/h7-18,23-24H,5-6,19-22,25H2,1-4H3,(H,39,40). The number of nitrogens with one attached hydrogen (secondary N) is 1. The minimum Gasteiger partial charge on any atom is -0.494 e. The highest BCUT2D eigenvalue weighted by molar-refractivity contribution is 6.07. The van der Waals surface area contributed by atoms with Gasteiger partial charge in [-0.15, -0.1) is 0 Å². The molecule has 5 aromatic rings. The third-order valence-electron chi connectivity index (χ3n) is 7.87. The van der Waals surface area contributed by atoms with Gasteiger partial charge in [0.05, 0.1) is 35.6 Å². The maximum absolute atomic E-state index is 5.90. The zero-order valence-corrected chi connectivity index (χ0v) is 26.1. The van der Waals surface area contributed by atoms with Gasteiger partial charge in [0.1, 0.15) is 17.3 Å². The zero-order chi connectivity index (χ0) is 30.5. The van der Waals surface area contributed by atoms with Crippen LogP contribution in [0.5, 0.6) is 11.5 Å². The third-order valence-corrected chi connectivity index (χ3v) is 7.87. The molecule has 0 amide bonds. The van der Waals surface area contributed by atoms with Crippen LogP contribution in [0.2, 0.25) is 0 Å². The molecule has 0 saturated heterocycles. The summed E-state index contributed by atoms with van der Waals surface area (Å²) < 4.78 is 11.8. The van der Waals surface area contributed by atoms with Crippen molar-refractivity contribution < 1.29 is 9.47 Å². The van der Waals surface area contributed by atoms with E-state index in [1.54, 1.807) is 0 Å². The van der Waals surface area contributed by atoms with Gasteiger partial charge in [0.25, 0.3) is 0 Å². The van der Waals surface area contributed by atoms with Gasteiger partial charge < -0.3 is 24.3 Å². The summed E-state index contributed by atoms with van der Waals surface area (Å²) >= 11 is 0. The third kappa shape index (κ3) is 7.18. The number of rotatable bonds is 13. The maximum atomic E-state index is 5.90. The van der Waals surface area contributed by atoms with E-state index in [4.69, 9.17) is 19.5 Å². The fourth-order valence-corrected chi connectivity index (χ4v) is 5.45. The topological polar surface area (TPSA) is 66.0 Å². The first-order valence-corrected chi connectivity index (χ1v) is 15.4. The van der Waals surface area contributed by atoms with Gasteiger partial charge in [0.2, 0.25) is 0 Å². The summed E-state index contributed by atoms with van der Waals surface area (Å²) in [4.78, 5) is 17.7. The number of hydrogen-bond acceptors (Lipinski definition) is 6. The van der Waals surface area contributed by atoms with Gasteiger partial charge in [-0.05, 0) is 130 Å². The second-order valence-electron chi connectivity index (χ2n) is 12.0. The summed E-state index contributed by atoms with van der Waals surface area (Å²) in [6, 6.07) is 29.4. The van der Waals surface area contributed by atoms with Crippen molar-refractivity contribution in [2.75, 3.05) is 54.5 Å². The molecular formula is C37H41N5O2. The molecule has 7 nitrogen and oxygen atoms in total. The van der Waals surface area contributed by atoms with E-state index >= 15 is 0 Å². The van der Waals surface area contributed by atoms with Crippen molar-refractivity contribution in [1.29, 1.82) is 0 Å². The van der Waals surface area contributed by atoms with Crippen LogP contribution < -0.4 is 9.47 Å². The van der Waals surface area contributed by atoms with Crippen molar-refractivity contribution in [3.8, 4) is 34.0 Å². The number of ether oxygens (including phenoxy) is 2. The predicted molar refractivity (Wildman–Crippen MR) is 181 cm³/mol. The average Bonchev–Trinajstić information content (AvgIpc) is 3.66. The lowest BCUT2D eigenvalue weighted by molar-refractivity contribution is 0.281. The first-order valence-electron chi connectivity index (χ1n) is 15.4. The molecule has 2 heterocycles. The van der Waals surface area contributed by atoms with E-state index in [2.05, 4.69) is 104 Å². The van der Waals surface area contributed by atoms with Crippen LogP contribution >= 0.6 is 0 Å². The fourth-order valence-electron chi connectivity index (χ4n) is 5.45. The normalized spacial score (nSPS) is 12.6. The predicted octanol–water partition coefficient (Wildman–Crippen LogP) is 7.23. The molecule has 0 radical (unpaired) electrons. The molecule has 1 aromatic heterocycles. The molecule has 1 aliphatic rings. The largest absolute Gasteiger partial charge is 0.494 e. The highest BCUT2D eigenvalue weighted by atomic mass is 16.5. The molecule has 1 N–H and O–H groups in total. The lowest BCUT2D eigenvalue weighted by Gasteiger charge is -2.10. The summed E-state index contributed by atoms with van der Waals surface area (Å²) in [5.41, 5.74) is 9.79. The molecule has 0 aliphatic carbocycles. The van der Waals surface area contributed by atoms with Crippen LogP contribution in [-0.4, -0.2) is 80.0 Å². The van der Waals surface area contributed by atoms with Gasteiger partial charge in [-0.25, -0.2) is 4.98 Å². The van der Waals surface area contributed by atoms with Crippen LogP contribution in [0.25, 0.3) is 33.5 Å². The Hall–Kier alpha value is -4.46. The monoisotopic (exact) mass is 587 g/mol. The molecule has 0 saturated carbocycles. The van der Waals surface area contributed by atoms with Crippen LogP contribution in [0.3, 0.4) is 0 Å². The van der Waals surface area contributed by atoms with Crippen LogP contribution in [-0.2, 0) is 6.42 Å². The highest BCUT2D eigenvalue weighted by Gasteiger charge is 2.17. The smallest absolute Gasteiger partial charge is 0.138 e. The second-order valence-corrected chi connectivity index (χ2v) is 12.0. The van der Waals surface area contributed by atoms with Gasteiger partial charge >= 0.3 is 0 Å². The van der Waals surface area contributed by atoms with Crippen molar-refractivity contribution in [3.05, 3.63) is 96.1 Å². The molecule has 7 heteroatoms. The Bertz CT molecular complexity index is 1740. The highest BCUT2D eigenvalue weighted by Crippen LogP contribution is 2.35. The summed E-state index contributed by atoms with van der Waals surface area (Å²) in [5.74, 6) is 2.63. The first-order chi connectivity index (χ1) is 21.4. The quantitative estimate of drug-likeness (QED) is 0.147. The van der Waals surface area contributed by atoms with Gasteiger partial charge in [0, 0.05) is 25.1 Å². The summed E-state index contributed by atoms with van der Waals surface area (Å²) in [6.07, 6.45) is 2.84. The van der Waals surface area contributed by atoms with Gasteiger partial charge in [-0.1, -0.05) is 18.2 Å². The Kier molecular flexibility index (Phi) is 9.05. The number of fused-ring (bicyclic) bond motifs is 2. The van der Waals surface area contributed by atoms with Crippen molar-refractivity contribution in [2.24, 2.45) is 4.99 Å². The molecule has 0 fully saturated rings. The molecule has 226 valence electrons. The summed E-state index contributed by atoms with van der Waals surface area (Å²) in [5, 5.41) is 0. The number of nitrogens with zero attached hydrogens (tertiary/aromatic N) is 4. The maximum Gasteiger partial charge on any atom is 0.138 e. The lowest BCUT2D eigenvalue weighted by atomic mass is 10.00. The van der Waals surface area contributed by atoms with Crippen LogP contribution in [0, 0.1) is 0 Å². The molecular weight excluding hydrogens is 546 g/mol.